The third-order valence-corrected chi connectivity index (χ3v) is 3.64. The number of para-hydroxylation sites is 1. The van der Waals surface area contributed by atoms with Gasteiger partial charge in [0, 0.05) is 0 Å². The molecule has 0 aromatic heterocycles. The lowest BCUT2D eigenvalue weighted by Gasteiger charge is -2.11. The molecule has 0 unspecified atom stereocenters. The molecular formula is C6H4BrCl2O4P. The van der Waals surface area contributed by atoms with E-state index in [1.165, 1.54) is 0 Å². The zero-order valence-corrected chi connectivity index (χ0v) is 10.5. The summed E-state index contributed by atoms with van der Waals surface area (Å²) in [7, 11) is -3.93. The first-order chi connectivity index (χ1) is 6.61. The van der Waals surface area contributed by atoms with E-state index < -0.39 is 7.82 Å². The minimum absolute atomic E-state index is 0.247. The molecule has 0 amide bonds. The maximum Gasteiger partial charge on any atom is 0.563 e. The van der Waals surface area contributed by atoms with Gasteiger partial charge < -0.3 is 4.52 Å². The van der Waals surface area contributed by atoms with E-state index in [-0.39, 0.29) is 5.75 Å². The molecule has 1 aromatic rings. The molecule has 8 heteroatoms. The predicted molar refractivity (Wildman–Crippen MR) is 56.3 cm³/mol. The molecule has 1 rings (SSSR count). The third-order valence-electron chi connectivity index (χ3n) is 1.22. The third kappa shape index (κ3) is 3.12. The second kappa shape index (κ2) is 5.35. The summed E-state index contributed by atoms with van der Waals surface area (Å²) in [5.74, 6) is 0.247. The molecule has 0 radical (unpaired) electrons. The average Bonchev–Trinajstić information content (AvgIpc) is 2.21. The summed E-state index contributed by atoms with van der Waals surface area (Å²) in [5.41, 5.74) is 0. The largest absolute Gasteiger partial charge is 0.563 e. The monoisotopic (exact) mass is 320 g/mol. The molecular weight excluding hydrogens is 318 g/mol. The summed E-state index contributed by atoms with van der Waals surface area (Å²) in [6.45, 7) is 0. The van der Waals surface area contributed by atoms with Crippen molar-refractivity contribution in [2.45, 2.75) is 0 Å². The van der Waals surface area contributed by atoms with Crippen molar-refractivity contribution in [3.8, 4) is 5.75 Å². The van der Waals surface area contributed by atoms with Crippen LogP contribution >= 0.6 is 47.5 Å². The van der Waals surface area contributed by atoms with E-state index in [0.717, 1.165) is 0 Å². The lowest BCUT2D eigenvalue weighted by Crippen LogP contribution is -1.93. The Balaban J connectivity index is 2.88. The van der Waals surface area contributed by atoms with Crippen LogP contribution in [-0.2, 0) is 12.7 Å². The Kier molecular flexibility index (Phi) is 4.70. The molecule has 0 N–H and O–H groups in total. The van der Waals surface area contributed by atoms with Crippen molar-refractivity contribution in [1.29, 1.82) is 0 Å². The van der Waals surface area contributed by atoms with Crippen LogP contribution in [-0.4, -0.2) is 0 Å². The van der Waals surface area contributed by atoms with E-state index in [0.29, 0.717) is 4.47 Å². The fourth-order valence-corrected chi connectivity index (χ4v) is 2.07. The van der Waals surface area contributed by atoms with Gasteiger partial charge in [0.25, 0.3) is 0 Å². The average molecular weight is 322 g/mol. The van der Waals surface area contributed by atoms with Crippen molar-refractivity contribution < 1.29 is 17.2 Å². The Labute approximate surface area is 99.1 Å². The minimum atomic E-state index is -3.93. The number of halogens is 3. The zero-order chi connectivity index (χ0) is 10.6. The van der Waals surface area contributed by atoms with Crippen molar-refractivity contribution >= 4 is 47.5 Å². The van der Waals surface area contributed by atoms with E-state index in [4.69, 9.17) is 28.3 Å². The summed E-state index contributed by atoms with van der Waals surface area (Å²) in [4.78, 5) is 0. The van der Waals surface area contributed by atoms with E-state index >= 15 is 0 Å². The van der Waals surface area contributed by atoms with Crippen molar-refractivity contribution in [1.82, 2.24) is 0 Å². The lowest BCUT2D eigenvalue weighted by atomic mass is 10.3. The Hall–Kier alpha value is 0.230. The van der Waals surface area contributed by atoms with Gasteiger partial charge in [-0.05, 0) is 28.1 Å². The van der Waals surface area contributed by atoms with Crippen LogP contribution in [0.3, 0.4) is 0 Å². The predicted octanol–water partition coefficient (Wildman–Crippen LogP) is 4.28. The smallest absolute Gasteiger partial charge is 0.401 e. The minimum Gasteiger partial charge on any atom is -0.401 e. The molecule has 0 saturated heterocycles. The highest BCUT2D eigenvalue weighted by molar-refractivity contribution is 9.10. The summed E-state index contributed by atoms with van der Waals surface area (Å²) >= 11 is 13.0. The Morgan fingerprint density at radius 2 is 1.79 bits per heavy atom. The van der Waals surface area contributed by atoms with Gasteiger partial charge in [-0.1, -0.05) is 12.1 Å². The normalized spacial score (nSPS) is 11.4. The maximum atomic E-state index is 11.3. The van der Waals surface area contributed by atoms with Gasteiger partial charge in [0.05, 0.1) is 28.2 Å². The molecule has 1 aromatic carbocycles. The molecule has 14 heavy (non-hydrogen) atoms. The summed E-state index contributed by atoms with van der Waals surface area (Å²) in [6.07, 6.45) is 0. The molecule has 0 aliphatic rings. The first kappa shape index (κ1) is 12.3. The zero-order valence-electron chi connectivity index (χ0n) is 6.52. The SMILES string of the molecule is O=P(OCl)(OCl)Oc1ccccc1Br. The van der Waals surface area contributed by atoms with Crippen molar-refractivity contribution in [2.24, 2.45) is 0 Å². The highest BCUT2D eigenvalue weighted by Crippen LogP contribution is 2.52. The fraction of sp³-hybridized carbons (Fsp3) is 0. The summed E-state index contributed by atoms with van der Waals surface area (Å²) < 4.78 is 24.7. The van der Waals surface area contributed by atoms with E-state index in [1.54, 1.807) is 24.3 Å². The quantitative estimate of drug-likeness (QED) is 0.776. The van der Waals surface area contributed by atoms with Gasteiger partial charge >= 0.3 is 7.82 Å². The molecule has 0 spiro atoms. The van der Waals surface area contributed by atoms with Gasteiger partial charge in [-0.3, -0.25) is 0 Å². The number of rotatable bonds is 4. The molecule has 0 aliphatic heterocycles. The van der Waals surface area contributed by atoms with Gasteiger partial charge in [0.2, 0.25) is 0 Å². The maximum absolute atomic E-state index is 11.3. The number of benzene rings is 1. The van der Waals surface area contributed by atoms with E-state index in [1.807, 2.05) is 0 Å². The molecule has 0 atom stereocenters. The molecule has 0 fully saturated rings. The summed E-state index contributed by atoms with van der Waals surface area (Å²) in [5, 5.41) is 0. The second-order valence-electron chi connectivity index (χ2n) is 2.11. The van der Waals surface area contributed by atoms with Crippen molar-refractivity contribution in [2.75, 3.05) is 0 Å². The number of hydrogen-bond donors (Lipinski definition) is 0. The van der Waals surface area contributed by atoms with Crippen molar-refractivity contribution in [3.05, 3.63) is 28.7 Å². The Morgan fingerprint density at radius 1 is 1.21 bits per heavy atom. The molecule has 0 bridgehead atoms. The number of hydrogen-bond acceptors (Lipinski definition) is 4. The molecule has 0 aliphatic carbocycles. The highest BCUT2D eigenvalue weighted by Gasteiger charge is 2.29. The Bertz CT molecular complexity index is 353. The molecule has 78 valence electrons. The van der Waals surface area contributed by atoms with Crippen LogP contribution in [0.4, 0.5) is 0 Å². The molecule has 0 heterocycles. The standard InChI is InChI=1S/C6H4BrCl2O4P/c7-5-3-1-2-4-6(5)11-14(10,12-8)13-9/h1-4H. The Morgan fingerprint density at radius 3 is 2.29 bits per heavy atom. The van der Waals surface area contributed by atoms with Gasteiger partial charge in [-0.2, -0.15) is 8.15 Å². The first-order valence-corrected chi connectivity index (χ1v) is 6.13. The van der Waals surface area contributed by atoms with Crippen LogP contribution in [0.2, 0.25) is 0 Å². The van der Waals surface area contributed by atoms with Crippen LogP contribution in [0.25, 0.3) is 0 Å². The molecule has 0 saturated carbocycles. The van der Waals surface area contributed by atoms with Gasteiger partial charge in [-0.15, -0.1) is 0 Å². The van der Waals surface area contributed by atoms with Crippen LogP contribution < -0.4 is 4.52 Å². The van der Waals surface area contributed by atoms with Gasteiger partial charge in [0.1, 0.15) is 5.75 Å². The summed E-state index contributed by atoms with van der Waals surface area (Å²) in [6, 6.07) is 6.66. The van der Waals surface area contributed by atoms with E-state index in [2.05, 4.69) is 24.1 Å². The fourth-order valence-electron chi connectivity index (χ4n) is 0.678. The van der Waals surface area contributed by atoms with Crippen molar-refractivity contribution in [3.63, 3.8) is 0 Å². The van der Waals surface area contributed by atoms with Gasteiger partial charge in [0.15, 0.2) is 0 Å². The number of phosphoric acid groups is 1. The van der Waals surface area contributed by atoms with Crippen LogP contribution in [0.5, 0.6) is 5.75 Å². The molecule has 4 nitrogen and oxygen atoms in total. The second-order valence-corrected chi connectivity index (χ2v) is 5.14. The highest BCUT2D eigenvalue weighted by atomic mass is 79.9. The van der Waals surface area contributed by atoms with Crippen LogP contribution in [0.1, 0.15) is 0 Å². The van der Waals surface area contributed by atoms with Gasteiger partial charge in [-0.25, -0.2) is 4.57 Å². The van der Waals surface area contributed by atoms with Crippen LogP contribution in [0, 0.1) is 0 Å². The lowest BCUT2D eigenvalue weighted by molar-refractivity contribution is 0.317. The van der Waals surface area contributed by atoms with Crippen LogP contribution in [0.15, 0.2) is 28.7 Å². The van der Waals surface area contributed by atoms with E-state index in [9.17, 15) is 4.57 Å². The first-order valence-electron chi connectivity index (χ1n) is 3.26. The topological polar surface area (TPSA) is 44.8 Å².